The predicted octanol–water partition coefficient (Wildman–Crippen LogP) is 1.91. The first kappa shape index (κ1) is 11.4. The van der Waals surface area contributed by atoms with Gasteiger partial charge in [0.15, 0.2) is 0 Å². The number of nitrogens with zero attached hydrogens (tertiary/aromatic N) is 1. The van der Waals surface area contributed by atoms with E-state index in [9.17, 15) is 0 Å². The Morgan fingerprint density at radius 3 is 2.81 bits per heavy atom. The molecule has 16 heavy (non-hydrogen) atoms. The third-order valence-corrected chi connectivity index (χ3v) is 3.05. The van der Waals surface area contributed by atoms with E-state index in [1.807, 2.05) is 0 Å². The van der Waals surface area contributed by atoms with Gasteiger partial charge in [-0.2, -0.15) is 0 Å². The van der Waals surface area contributed by atoms with Crippen LogP contribution in [0, 0.1) is 6.92 Å². The van der Waals surface area contributed by atoms with Crippen LogP contribution >= 0.6 is 0 Å². The number of hydrogen-bond donors (Lipinski definition) is 1. The summed E-state index contributed by atoms with van der Waals surface area (Å²) in [5.74, 6) is 0. The van der Waals surface area contributed by atoms with Gasteiger partial charge in [0.2, 0.25) is 0 Å². The molecule has 1 N–H and O–H groups in total. The van der Waals surface area contributed by atoms with Gasteiger partial charge in [-0.3, -0.25) is 4.90 Å². The fourth-order valence-corrected chi connectivity index (χ4v) is 2.10. The summed E-state index contributed by atoms with van der Waals surface area (Å²) in [5, 5.41) is 3.37. The van der Waals surface area contributed by atoms with Gasteiger partial charge >= 0.3 is 0 Å². The largest absolute Gasteiger partial charge is 0.314 e. The van der Waals surface area contributed by atoms with E-state index in [1.54, 1.807) is 0 Å². The van der Waals surface area contributed by atoms with Crippen molar-refractivity contribution in [1.82, 2.24) is 10.2 Å². The van der Waals surface area contributed by atoms with Crippen molar-refractivity contribution in [2.75, 3.05) is 32.7 Å². The summed E-state index contributed by atoms with van der Waals surface area (Å²) in [6.45, 7) is 11.8. The van der Waals surface area contributed by atoms with Crippen molar-refractivity contribution < 1.29 is 0 Å². The SMILES string of the molecule is C=C(CN1CCNCC1)c1cccc(C)c1. The van der Waals surface area contributed by atoms with Crippen LogP contribution in [0.4, 0.5) is 0 Å². The summed E-state index contributed by atoms with van der Waals surface area (Å²) < 4.78 is 0. The number of hydrogen-bond acceptors (Lipinski definition) is 2. The lowest BCUT2D eigenvalue weighted by atomic mass is 10.0. The minimum atomic E-state index is 0.991. The summed E-state index contributed by atoms with van der Waals surface area (Å²) in [6, 6.07) is 8.59. The van der Waals surface area contributed by atoms with Crippen LogP contribution in [0.2, 0.25) is 0 Å². The molecule has 86 valence electrons. The molecule has 1 heterocycles. The minimum Gasteiger partial charge on any atom is -0.314 e. The molecule has 0 unspecified atom stereocenters. The maximum Gasteiger partial charge on any atom is 0.0234 e. The van der Waals surface area contributed by atoms with Crippen molar-refractivity contribution in [3.05, 3.63) is 42.0 Å². The first-order valence-electron chi connectivity index (χ1n) is 5.93. The van der Waals surface area contributed by atoms with Crippen molar-refractivity contribution in [2.45, 2.75) is 6.92 Å². The lowest BCUT2D eigenvalue weighted by Gasteiger charge is -2.28. The number of rotatable bonds is 3. The van der Waals surface area contributed by atoms with E-state index in [1.165, 1.54) is 16.7 Å². The average molecular weight is 216 g/mol. The highest BCUT2D eigenvalue weighted by Gasteiger charge is 2.10. The quantitative estimate of drug-likeness (QED) is 0.830. The molecule has 1 saturated heterocycles. The maximum absolute atomic E-state index is 4.20. The molecule has 0 aromatic heterocycles. The van der Waals surface area contributed by atoms with Gasteiger partial charge in [-0.1, -0.05) is 36.4 Å². The lowest BCUT2D eigenvalue weighted by Crippen LogP contribution is -2.43. The molecule has 1 aromatic carbocycles. The molecule has 1 aliphatic rings. The zero-order valence-corrected chi connectivity index (χ0v) is 10.00. The average Bonchev–Trinajstić information content (AvgIpc) is 2.30. The second-order valence-electron chi connectivity index (χ2n) is 4.50. The van der Waals surface area contributed by atoms with Gasteiger partial charge in [0.1, 0.15) is 0 Å². The molecule has 1 aromatic rings. The van der Waals surface area contributed by atoms with Crippen LogP contribution in [0.25, 0.3) is 5.57 Å². The fourth-order valence-electron chi connectivity index (χ4n) is 2.10. The van der Waals surface area contributed by atoms with Crippen molar-refractivity contribution >= 4 is 5.57 Å². The van der Waals surface area contributed by atoms with Gasteiger partial charge in [0, 0.05) is 32.7 Å². The highest BCUT2D eigenvalue weighted by Crippen LogP contribution is 2.15. The molecule has 2 rings (SSSR count). The molecule has 0 spiro atoms. The molecule has 0 radical (unpaired) electrons. The molecule has 2 heteroatoms. The Morgan fingerprint density at radius 2 is 2.12 bits per heavy atom. The third kappa shape index (κ3) is 2.94. The summed E-state index contributed by atoms with van der Waals surface area (Å²) in [5.41, 5.74) is 3.81. The number of nitrogens with one attached hydrogen (secondary N) is 1. The molecule has 1 fully saturated rings. The number of piperazine rings is 1. The Labute approximate surface area is 98.0 Å². The topological polar surface area (TPSA) is 15.3 Å². The van der Waals surface area contributed by atoms with E-state index < -0.39 is 0 Å². The van der Waals surface area contributed by atoms with Gasteiger partial charge in [-0.15, -0.1) is 0 Å². The molecule has 0 bridgehead atoms. The number of benzene rings is 1. The van der Waals surface area contributed by atoms with Crippen molar-refractivity contribution in [2.24, 2.45) is 0 Å². The normalized spacial score (nSPS) is 17.3. The van der Waals surface area contributed by atoms with E-state index in [2.05, 4.69) is 48.0 Å². The first-order valence-corrected chi connectivity index (χ1v) is 5.93. The first-order chi connectivity index (χ1) is 7.75. The Bertz CT molecular complexity index is 365. The molecule has 2 nitrogen and oxygen atoms in total. The van der Waals surface area contributed by atoms with Crippen LogP contribution in [0.15, 0.2) is 30.8 Å². The summed E-state index contributed by atoms with van der Waals surface area (Å²) in [6.07, 6.45) is 0. The van der Waals surface area contributed by atoms with Crippen LogP contribution in [-0.4, -0.2) is 37.6 Å². The van der Waals surface area contributed by atoms with Crippen molar-refractivity contribution in [3.8, 4) is 0 Å². The highest BCUT2D eigenvalue weighted by molar-refractivity contribution is 5.65. The zero-order valence-electron chi connectivity index (χ0n) is 10.00. The summed E-state index contributed by atoms with van der Waals surface area (Å²) in [7, 11) is 0. The van der Waals surface area contributed by atoms with E-state index in [0.717, 1.165) is 32.7 Å². The van der Waals surface area contributed by atoms with Gasteiger partial charge in [-0.25, -0.2) is 0 Å². The van der Waals surface area contributed by atoms with Crippen molar-refractivity contribution in [1.29, 1.82) is 0 Å². The zero-order chi connectivity index (χ0) is 11.4. The van der Waals surface area contributed by atoms with Gasteiger partial charge in [0.25, 0.3) is 0 Å². The monoisotopic (exact) mass is 216 g/mol. The Hall–Kier alpha value is -1.12. The van der Waals surface area contributed by atoms with Crippen molar-refractivity contribution in [3.63, 3.8) is 0 Å². The molecule has 0 amide bonds. The smallest absolute Gasteiger partial charge is 0.0234 e. The van der Waals surface area contributed by atoms with Gasteiger partial charge in [0.05, 0.1) is 0 Å². The summed E-state index contributed by atoms with van der Waals surface area (Å²) in [4.78, 5) is 2.46. The minimum absolute atomic E-state index is 0.991. The van der Waals surface area contributed by atoms with E-state index in [-0.39, 0.29) is 0 Å². The second kappa shape index (κ2) is 5.28. The Kier molecular flexibility index (Phi) is 3.75. The fraction of sp³-hybridized carbons (Fsp3) is 0.429. The highest BCUT2D eigenvalue weighted by atomic mass is 15.2. The lowest BCUT2D eigenvalue weighted by molar-refractivity contribution is 0.268. The predicted molar refractivity (Wildman–Crippen MR) is 69.5 cm³/mol. The van der Waals surface area contributed by atoms with Gasteiger partial charge in [-0.05, 0) is 18.1 Å². The van der Waals surface area contributed by atoms with Crippen LogP contribution < -0.4 is 5.32 Å². The molecule has 0 aliphatic carbocycles. The second-order valence-corrected chi connectivity index (χ2v) is 4.50. The Balaban J connectivity index is 1.97. The molecule has 0 saturated carbocycles. The molecular formula is C14H20N2. The maximum atomic E-state index is 4.20. The van der Waals surface area contributed by atoms with Crippen LogP contribution in [0.3, 0.4) is 0 Å². The standard InChI is InChI=1S/C14H20N2/c1-12-4-3-5-14(10-12)13(2)11-16-8-6-15-7-9-16/h3-5,10,15H,2,6-9,11H2,1H3. The third-order valence-electron chi connectivity index (χ3n) is 3.05. The molecular weight excluding hydrogens is 196 g/mol. The summed E-state index contributed by atoms with van der Waals surface area (Å²) >= 11 is 0. The van der Waals surface area contributed by atoms with Gasteiger partial charge < -0.3 is 5.32 Å². The molecule has 0 atom stereocenters. The molecule has 1 aliphatic heterocycles. The van der Waals surface area contributed by atoms with E-state index >= 15 is 0 Å². The van der Waals surface area contributed by atoms with Crippen LogP contribution in [0.1, 0.15) is 11.1 Å². The van der Waals surface area contributed by atoms with E-state index in [0.29, 0.717) is 0 Å². The van der Waals surface area contributed by atoms with Crippen LogP contribution in [0.5, 0.6) is 0 Å². The van der Waals surface area contributed by atoms with Crippen LogP contribution in [-0.2, 0) is 0 Å². The van der Waals surface area contributed by atoms with E-state index in [4.69, 9.17) is 0 Å². The number of aryl methyl sites for hydroxylation is 1. The Morgan fingerprint density at radius 1 is 1.38 bits per heavy atom.